The number of hydrogen-bond donors (Lipinski definition) is 1. The summed E-state index contributed by atoms with van der Waals surface area (Å²) >= 11 is 6.08. The van der Waals surface area contributed by atoms with E-state index in [4.69, 9.17) is 16.3 Å². The zero-order valence-corrected chi connectivity index (χ0v) is 14.2. The van der Waals surface area contributed by atoms with E-state index in [-0.39, 0.29) is 0 Å². The molecule has 5 heteroatoms. The van der Waals surface area contributed by atoms with E-state index in [1.807, 2.05) is 32.0 Å². The van der Waals surface area contributed by atoms with Crippen molar-refractivity contribution in [3.63, 3.8) is 0 Å². The molecule has 0 radical (unpaired) electrons. The number of allylic oxidation sites excluding steroid dienone is 1. The smallest absolute Gasteiger partial charge is 0.149 e. The predicted octanol–water partition coefficient (Wildman–Crippen LogP) is 4.99. The number of ether oxygens (including phenoxy) is 1. The van der Waals surface area contributed by atoms with Crippen molar-refractivity contribution < 1.29 is 4.74 Å². The number of aryl methyl sites for hydroxylation is 1. The van der Waals surface area contributed by atoms with E-state index < -0.39 is 0 Å². The average Bonchev–Trinajstić information content (AvgIpc) is 2.97. The number of fused-ring (bicyclic) bond motifs is 1. The SMILES string of the molecule is CCOc1ccc(Cl)cc1/C=C(/C#N)c1nc2ccc(C)cc2[nH]1. The molecule has 0 aliphatic carbocycles. The summed E-state index contributed by atoms with van der Waals surface area (Å²) in [5.74, 6) is 1.21. The molecule has 3 rings (SSSR count). The van der Waals surface area contributed by atoms with Crippen LogP contribution in [0.15, 0.2) is 36.4 Å². The molecule has 3 aromatic rings. The van der Waals surface area contributed by atoms with Crippen LogP contribution in [-0.2, 0) is 0 Å². The minimum absolute atomic E-state index is 0.423. The molecule has 0 spiro atoms. The molecule has 0 fully saturated rings. The van der Waals surface area contributed by atoms with Gasteiger partial charge in [-0.2, -0.15) is 5.26 Å². The lowest BCUT2D eigenvalue weighted by Crippen LogP contribution is -1.94. The highest BCUT2D eigenvalue weighted by Gasteiger charge is 2.10. The summed E-state index contributed by atoms with van der Waals surface area (Å²) in [6, 6.07) is 13.5. The van der Waals surface area contributed by atoms with Gasteiger partial charge in [0.2, 0.25) is 0 Å². The van der Waals surface area contributed by atoms with E-state index in [9.17, 15) is 5.26 Å². The number of aromatic nitrogens is 2. The molecule has 0 bridgehead atoms. The Labute approximate surface area is 145 Å². The molecule has 120 valence electrons. The highest BCUT2D eigenvalue weighted by atomic mass is 35.5. The van der Waals surface area contributed by atoms with Crippen LogP contribution in [0, 0.1) is 18.3 Å². The van der Waals surface area contributed by atoms with Gasteiger partial charge >= 0.3 is 0 Å². The fourth-order valence-electron chi connectivity index (χ4n) is 2.48. The van der Waals surface area contributed by atoms with Gasteiger partial charge in [0, 0.05) is 10.6 Å². The number of nitrogens with zero attached hydrogens (tertiary/aromatic N) is 2. The molecule has 0 saturated heterocycles. The Morgan fingerprint density at radius 3 is 2.92 bits per heavy atom. The summed E-state index contributed by atoms with van der Waals surface area (Å²) in [6.45, 7) is 4.46. The van der Waals surface area contributed by atoms with Gasteiger partial charge in [-0.15, -0.1) is 0 Å². The number of benzene rings is 2. The second kappa shape index (κ2) is 6.77. The first-order valence-corrected chi connectivity index (χ1v) is 7.99. The van der Waals surface area contributed by atoms with Gasteiger partial charge in [-0.25, -0.2) is 4.98 Å². The first-order valence-electron chi connectivity index (χ1n) is 7.61. The third kappa shape index (κ3) is 3.27. The first-order chi connectivity index (χ1) is 11.6. The van der Waals surface area contributed by atoms with Crippen LogP contribution in [0.4, 0.5) is 0 Å². The number of H-pyrrole nitrogens is 1. The maximum Gasteiger partial charge on any atom is 0.149 e. The Bertz CT molecular complexity index is 966. The highest BCUT2D eigenvalue weighted by Crippen LogP contribution is 2.27. The van der Waals surface area contributed by atoms with E-state index in [0.717, 1.165) is 22.2 Å². The van der Waals surface area contributed by atoms with Gasteiger partial charge in [-0.05, 0) is 55.8 Å². The average molecular weight is 338 g/mol. The Kier molecular flexibility index (Phi) is 4.54. The maximum atomic E-state index is 9.56. The summed E-state index contributed by atoms with van der Waals surface area (Å²) in [4.78, 5) is 7.70. The summed E-state index contributed by atoms with van der Waals surface area (Å²) in [5, 5.41) is 10.1. The number of halogens is 1. The van der Waals surface area contributed by atoms with Crippen molar-refractivity contribution in [3.05, 3.63) is 58.4 Å². The largest absolute Gasteiger partial charge is 0.493 e. The van der Waals surface area contributed by atoms with Gasteiger partial charge in [0.25, 0.3) is 0 Å². The lowest BCUT2D eigenvalue weighted by Gasteiger charge is -2.07. The lowest BCUT2D eigenvalue weighted by atomic mass is 10.1. The molecule has 1 aromatic heterocycles. The maximum absolute atomic E-state index is 9.56. The molecule has 0 atom stereocenters. The monoisotopic (exact) mass is 337 g/mol. The van der Waals surface area contributed by atoms with Crippen molar-refractivity contribution in [1.29, 1.82) is 5.26 Å². The summed E-state index contributed by atoms with van der Waals surface area (Å²) < 4.78 is 5.60. The molecule has 0 aliphatic heterocycles. The van der Waals surface area contributed by atoms with E-state index in [1.165, 1.54) is 0 Å². The van der Waals surface area contributed by atoms with E-state index in [2.05, 4.69) is 16.0 Å². The van der Waals surface area contributed by atoms with Crippen LogP contribution in [0.3, 0.4) is 0 Å². The second-order valence-corrected chi connectivity index (χ2v) is 5.83. The van der Waals surface area contributed by atoms with E-state index >= 15 is 0 Å². The van der Waals surface area contributed by atoms with Gasteiger partial charge in [0.1, 0.15) is 17.6 Å². The molecule has 1 heterocycles. The van der Waals surface area contributed by atoms with E-state index in [0.29, 0.717) is 28.8 Å². The van der Waals surface area contributed by atoms with Crippen molar-refractivity contribution in [1.82, 2.24) is 9.97 Å². The minimum atomic E-state index is 0.423. The zero-order valence-electron chi connectivity index (χ0n) is 13.4. The molecule has 0 unspecified atom stereocenters. The van der Waals surface area contributed by atoms with Crippen LogP contribution < -0.4 is 4.74 Å². The quantitative estimate of drug-likeness (QED) is 0.682. The Hall–Kier alpha value is -2.77. The Balaban J connectivity index is 2.09. The van der Waals surface area contributed by atoms with Crippen LogP contribution in [0.25, 0.3) is 22.7 Å². The van der Waals surface area contributed by atoms with Crippen LogP contribution in [0.5, 0.6) is 5.75 Å². The van der Waals surface area contributed by atoms with Crippen LogP contribution in [0.1, 0.15) is 23.9 Å². The second-order valence-electron chi connectivity index (χ2n) is 5.39. The zero-order chi connectivity index (χ0) is 17.1. The molecule has 0 aliphatic rings. The van der Waals surface area contributed by atoms with E-state index in [1.54, 1.807) is 24.3 Å². The highest BCUT2D eigenvalue weighted by molar-refractivity contribution is 6.30. The summed E-state index contributed by atoms with van der Waals surface area (Å²) in [5.41, 5.74) is 4.04. The number of hydrogen-bond acceptors (Lipinski definition) is 3. The fourth-order valence-corrected chi connectivity index (χ4v) is 2.66. The number of nitriles is 1. The summed E-state index contributed by atoms with van der Waals surface area (Å²) in [7, 11) is 0. The van der Waals surface area contributed by atoms with Crippen LogP contribution in [0.2, 0.25) is 5.02 Å². The van der Waals surface area contributed by atoms with Gasteiger partial charge in [0.05, 0.1) is 23.2 Å². The molecule has 0 amide bonds. The van der Waals surface area contributed by atoms with Gasteiger partial charge in [-0.1, -0.05) is 17.7 Å². The molecular formula is C19H16ClN3O. The number of nitrogens with one attached hydrogen (secondary N) is 1. The minimum Gasteiger partial charge on any atom is -0.493 e. The molecule has 2 aromatic carbocycles. The molecular weight excluding hydrogens is 322 g/mol. The third-order valence-electron chi connectivity index (χ3n) is 3.58. The summed E-state index contributed by atoms with van der Waals surface area (Å²) in [6.07, 6.45) is 1.74. The number of rotatable bonds is 4. The van der Waals surface area contributed by atoms with Gasteiger partial charge in [0.15, 0.2) is 0 Å². The van der Waals surface area contributed by atoms with Crippen molar-refractivity contribution >= 4 is 34.3 Å². The van der Waals surface area contributed by atoms with Gasteiger partial charge in [-0.3, -0.25) is 0 Å². The topological polar surface area (TPSA) is 61.7 Å². The normalized spacial score (nSPS) is 11.5. The molecule has 1 N–H and O–H groups in total. The first kappa shape index (κ1) is 16.1. The molecule has 4 nitrogen and oxygen atoms in total. The van der Waals surface area contributed by atoms with Crippen molar-refractivity contribution in [2.24, 2.45) is 0 Å². The van der Waals surface area contributed by atoms with Crippen molar-refractivity contribution in [2.45, 2.75) is 13.8 Å². The lowest BCUT2D eigenvalue weighted by molar-refractivity contribution is 0.339. The Morgan fingerprint density at radius 1 is 1.33 bits per heavy atom. The predicted molar refractivity (Wildman–Crippen MR) is 96.9 cm³/mol. The Morgan fingerprint density at radius 2 is 2.17 bits per heavy atom. The number of imidazole rings is 1. The molecule has 0 saturated carbocycles. The standard InChI is InChI=1S/C19H16ClN3O/c1-3-24-18-7-5-15(20)10-13(18)9-14(11-21)19-22-16-6-4-12(2)8-17(16)23-19/h4-10H,3H2,1-2H3,(H,22,23)/b14-9-. The van der Waals surface area contributed by atoms with Gasteiger partial charge < -0.3 is 9.72 Å². The van der Waals surface area contributed by atoms with Crippen LogP contribution in [-0.4, -0.2) is 16.6 Å². The van der Waals surface area contributed by atoms with Crippen molar-refractivity contribution in [2.75, 3.05) is 6.61 Å². The fraction of sp³-hybridized carbons (Fsp3) is 0.158. The van der Waals surface area contributed by atoms with Crippen LogP contribution >= 0.6 is 11.6 Å². The van der Waals surface area contributed by atoms with Crippen molar-refractivity contribution in [3.8, 4) is 11.8 Å². The number of aromatic amines is 1. The third-order valence-corrected chi connectivity index (χ3v) is 3.82. The molecule has 24 heavy (non-hydrogen) atoms.